The molecule has 0 bridgehead atoms. The summed E-state index contributed by atoms with van der Waals surface area (Å²) in [4.78, 5) is 4.41. The highest BCUT2D eigenvalue weighted by Crippen LogP contribution is 2.39. The van der Waals surface area contributed by atoms with Gasteiger partial charge in [0.1, 0.15) is 5.82 Å². The predicted octanol–water partition coefficient (Wildman–Crippen LogP) is 3.16. The van der Waals surface area contributed by atoms with Crippen LogP contribution in [0.2, 0.25) is 0 Å². The third kappa shape index (κ3) is 2.34. The Morgan fingerprint density at radius 1 is 1.30 bits per heavy atom. The highest BCUT2D eigenvalue weighted by molar-refractivity contribution is 5.38. The third-order valence-corrected chi connectivity index (χ3v) is 4.14. The zero-order valence-corrected chi connectivity index (χ0v) is 11.6. The van der Waals surface area contributed by atoms with Crippen LogP contribution in [0.3, 0.4) is 0 Å². The Morgan fingerprint density at radius 2 is 2.15 bits per heavy atom. The molecule has 0 saturated heterocycles. The summed E-state index contributed by atoms with van der Waals surface area (Å²) in [6, 6.07) is 8.67. The normalized spacial score (nSPS) is 20.9. The summed E-state index contributed by atoms with van der Waals surface area (Å²) >= 11 is 0. The second kappa shape index (κ2) is 4.98. The van der Waals surface area contributed by atoms with E-state index in [1.54, 1.807) is 6.07 Å². The highest BCUT2D eigenvalue weighted by Gasteiger charge is 2.37. The van der Waals surface area contributed by atoms with Gasteiger partial charge in [-0.25, -0.2) is 4.39 Å². The van der Waals surface area contributed by atoms with Crippen molar-refractivity contribution in [2.24, 2.45) is 0 Å². The molecule has 1 aromatic carbocycles. The average molecular weight is 271 g/mol. The smallest absolute Gasteiger partial charge is 0.123 e. The Bertz CT molecular complexity index is 623. The van der Waals surface area contributed by atoms with Crippen LogP contribution in [0.15, 0.2) is 36.5 Å². The van der Waals surface area contributed by atoms with Gasteiger partial charge in [-0.3, -0.25) is 4.98 Å². The first kappa shape index (κ1) is 13.3. The van der Waals surface area contributed by atoms with E-state index in [4.69, 9.17) is 0 Å². The molecule has 0 spiro atoms. The van der Waals surface area contributed by atoms with E-state index in [0.717, 1.165) is 29.7 Å². The summed E-state index contributed by atoms with van der Waals surface area (Å²) < 4.78 is 13.2. The maximum Gasteiger partial charge on any atom is 0.123 e. The monoisotopic (exact) mass is 271 g/mol. The molecule has 1 aliphatic rings. The van der Waals surface area contributed by atoms with Crippen molar-refractivity contribution < 1.29 is 9.50 Å². The van der Waals surface area contributed by atoms with Gasteiger partial charge in [-0.1, -0.05) is 19.1 Å². The van der Waals surface area contributed by atoms with E-state index in [2.05, 4.69) is 11.9 Å². The number of pyridine rings is 1. The Kier molecular flexibility index (Phi) is 3.30. The van der Waals surface area contributed by atoms with Gasteiger partial charge in [0, 0.05) is 18.3 Å². The average Bonchev–Trinajstić information content (AvgIpc) is 2.76. The lowest BCUT2D eigenvalue weighted by molar-refractivity contribution is 0.0379. The molecule has 3 heteroatoms. The molecule has 1 aromatic heterocycles. The van der Waals surface area contributed by atoms with E-state index in [0.29, 0.717) is 12.8 Å². The van der Waals surface area contributed by atoms with E-state index >= 15 is 0 Å². The van der Waals surface area contributed by atoms with Crippen molar-refractivity contribution in [1.82, 2.24) is 4.98 Å². The number of rotatable bonds is 3. The molecule has 1 aliphatic carbocycles. The Morgan fingerprint density at radius 3 is 2.85 bits per heavy atom. The lowest BCUT2D eigenvalue weighted by Crippen LogP contribution is -2.25. The molecule has 0 saturated carbocycles. The first-order chi connectivity index (χ1) is 9.60. The van der Waals surface area contributed by atoms with E-state index in [1.165, 1.54) is 17.7 Å². The standard InChI is InChI=1S/C17H18FNO/c1-2-12-3-5-15(19-11-12)10-17(20)8-7-13-9-14(18)4-6-16(13)17/h3-6,9,11,20H,2,7-8,10H2,1H3. The van der Waals surface area contributed by atoms with Crippen LogP contribution in [0.1, 0.15) is 35.7 Å². The molecular formula is C17H18FNO. The summed E-state index contributed by atoms with van der Waals surface area (Å²) in [6.07, 6.45) is 4.65. The SMILES string of the molecule is CCc1ccc(CC2(O)CCc3cc(F)ccc32)nc1. The van der Waals surface area contributed by atoms with Crippen molar-refractivity contribution in [3.8, 4) is 0 Å². The quantitative estimate of drug-likeness (QED) is 0.930. The fourth-order valence-electron chi connectivity index (χ4n) is 2.95. The first-order valence-corrected chi connectivity index (χ1v) is 7.06. The number of fused-ring (bicyclic) bond motifs is 1. The summed E-state index contributed by atoms with van der Waals surface area (Å²) in [5.41, 5.74) is 2.92. The zero-order chi connectivity index (χ0) is 14.2. The van der Waals surface area contributed by atoms with Crippen molar-refractivity contribution >= 4 is 0 Å². The van der Waals surface area contributed by atoms with Crippen LogP contribution in [-0.2, 0) is 24.9 Å². The minimum atomic E-state index is -0.913. The van der Waals surface area contributed by atoms with E-state index in [9.17, 15) is 9.50 Å². The molecule has 1 N–H and O–H groups in total. The maximum absolute atomic E-state index is 13.2. The number of aliphatic hydroxyl groups is 1. The van der Waals surface area contributed by atoms with Crippen molar-refractivity contribution in [3.63, 3.8) is 0 Å². The van der Waals surface area contributed by atoms with Crippen LogP contribution < -0.4 is 0 Å². The minimum absolute atomic E-state index is 0.238. The summed E-state index contributed by atoms with van der Waals surface area (Å²) in [7, 11) is 0. The van der Waals surface area contributed by atoms with Crippen molar-refractivity contribution in [2.45, 2.75) is 38.2 Å². The zero-order valence-electron chi connectivity index (χ0n) is 11.6. The third-order valence-electron chi connectivity index (χ3n) is 4.14. The molecule has 1 heterocycles. The van der Waals surface area contributed by atoms with Crippen LogP contribution in [0, 0.1) is 5.82 Å². The number of nitrogens with zero attached hydrogens (tertiary/aromatic N) is 1. The van der Waals surface area contributed by atoms with Gasteiger partial charge in [-0.15, -0.1) is 0 Å². The van der Waals surface area contributed by atoms with Gasteiger partial charge in [0.25, 0.3) is 0 Å². The van der Waals surface area contributed by atoms with Gasteiger partial charge in [-0.2, -0.15) is 0 Å². The van der Waals surface area contributed by atoms with Crippen LogP contribution in [0.5, 0.6) is 0 Å². The number of hydrogen-bond acceptors (Lipinski definition) is 2. The van der Waals surface area contributed by atoms with Crippen LogP contribution in [0.4, 0.5) is 4.39 Å². The molecule has 0 radical (unpaired) electrons. The highest BCUT2D eigenvalue weighted by atomic mass is 19.1. The van der Waals surface area contributed by atoms with Crippen LogP contribution in [0.25, 0.3) is 0 Å². The van der Waals surface area contributed by atoms with Crippen molar-refractivity contribution in [3.05, 3.63) is 64.7 Å². The van der Waals surface area contributed by atoms with Crippen molar-refractivity contribution in [1.29, 1.82) is 0 Å². The predicted molar refractivity (Wildman–Crippen MR) is 75.9 cm³/mol. The second-order valence-corrected chi connectivity index (χ2v) is 5.52. The van der Waals surface area contributed by atoms with Gasteiger partial charge >= 0.3 is 0 Å². The number of hydrogen-bond donors (Lipinski definition) is 1. The Labute approximate surface area is 118 Å². The van der Waals surface area contributed by atoms with Gasteiger partial charge in [0.15, 0.2) is 0 Å². The maximum atomic E-state index is 13.2. The van der Waals surface area contributed by atoms with Gasteiger partial charge in [0.05, 0.1) is 5.60 Å². The molecule has 20 heavy (non-hydrogen) atoms. The first-order valence-electron chi connectivity index (χ1n) is 7.06. The molecule has 1 unspecified atom stereocenters. The fourth-order valence-corrected chi connectivity index (χ4v) is 2.95. The molecule has 0 fully saturated rings. The number of benzene rings is 1. The molecule has 2 nitrogen and oxygen atoms in total. The second-order valence-electron chi connectivity index (χ2n) is 5.52. The summed E-state index contributed by atoms with van der Waals surface area (Å²) in [5.74, 6) is -0.238. The summed E-state index contributed by atoms with van der Waals surface area (Å²) in [5, 5.41) is 10.9. The van der Waals surface area contributed by atoms with E-state index in [-0.39, 0.29) is 5.82 Å². The largest absolute Gasteiger partial charge is 0.385 e. The number of aryl methyl sites for hydroxylation is 2. The number of aromatic nitrogens is 1. The number of halogens is 1. The molecule has 1 atom stereocenters. The Hall–Kier alpha value is -1.74. The van der Waals surface area contributed by atoms with Gasteiger partial charge in [-0.05, 0) is 54.2 Å². The van der Waals surface area contributed by atoms with Gasteiger partial charge < -0.3 is 5.11 Å². The van der Waals surface area contributed by atoms with Gasteiger partial charge in [0.2, 0.25) is 0 Å². The lowest BCUT2D eigenvalue weighted by atomic mass is 9.90. The Balaban J connectivity index is 1.87. The molecule has 0 amide bonds. The minimum Gasteiger partial charge on any atom is -0.385 e. The van der Waals surface area contributed by atoms with E-state index < -0.39 is 5.60 Å². The van der Waals surface area contributed by atoms with Crippen LogP contribution in [-0.4, -0.2) is 10.1 Å². The topological polar surface area (TPSA) is 33.1 Å². The molecule has 104 valence electrons. The van der Waals surface area contributed by atoms with E-state index in [1.807, 2.05) is 18.3 Å². The lowest BCUT2D eigenvalue weighted by Gasteiger charge is -2.23. The molecular weight excluding hydrogens is 253 g/mol. The summed E-state index contributed by atoms with van der Waals surface area (Å²) in [6.45, 7) is 2.09. The molecule has 0 aliphatic heterocycles. The van der Waals surface area contributed by atoms with Crippen molar-refractivity contribution in [2.75, 3.05) is 0 Å². The fraction of sp³-hybridized carbons (Fsp3) is 0.353. The molecule has 2 aromatic rings. The molecule has 3 rings (SSSR count). The van der Waals surface area contributed by atoms with Crippen LogP contribution >= 0.6 is 0 Å².